The number of carbonyl (C=O) groups excluding carboxylic acids is 4. The molecule has 12 heteroatoms. The lowest BCUT2D eigenvalue weighted by Crippen LogP contribution is -2.55. The van der Waals surface area contributed by atoms with Gasteiger partial charge in [0, 0.05) is 19.3 Å². The number of carboxylic acids is 1. The van der Waals surface area contributed by atoms with E-state index in [1.54, 1.807) is 37.3 Å². The molecular weight excluding hydrogens is 706 g/mol. The molecule has 2 aromatic carbocycles. The summed E-state index contributed by atoms with van der Waals surface area (Å²) >= 11 is 0. The number of ketones is 1. The Kier molecular flexibility index (Phi) is 21.6. The zero-order valence-electron chi connectivity index (χ0n) is 32.6. The molecular formula is C43H57NO11. The largest absolute Gasteiger partial charge is 0.497 e. The van der Waals surface area contributed by atoms with Crippen LogP contribution in [0.2, 0.25) is 0 Å². The Morgan fingerprint density at radius 3 is 2.02 bits per heavy atom. The number of hydrogen-bond donors (Lipinski definition) is 3. The van der Waals surface area contributed by atoms with Crippen LogP contribution >= 0.6 is 0 Å². The summed E-state index contributed by atoms with van der Waals surface area (Å²) in [5, 5.41) is 24.4. The van der Waals surface area contributed by atoms with E-state index in [2.05, 4.69) is 24.1 Å². The van der Waals surface area contributed by atoms with Crippen LogP contribution in [-0.2, 0) is 35.1 Å². The fourth-order valence-corrected chi connectivity index (χ4v) is 5.78. The molecule has 2 rings (SSSR count). The van der Waals surface area contributed by atoms with Crippen LogP contribution in [-0.4, -0.2) is 72.3 Å². The highest BCUT2D eigenvalue weighted by Gasteiger charge is 2.49. The van der Waals surface area contributed by atoms with Crippen molar-refractivity contribution in [3.05, 3.63) is 66.2 Å². The van der Waals surface area contributed by atoms with Gasteiger partial charge in [0.05, 0.1) is 26.6 Å². The van der Waals surface area contributed by atoms with Crippen molar-refractivity contribution < 1.29 is 53.1 Å². The Hall–Kier alpha value is -5.15. The molecule has 0 spiro atoms. The lowest BCUT2D eigenvalue weighted by molar-refractivity contribution is -0.171. The number of aliphatic hydroxyl groups is 1. The summed E-state index contributed by atoms with van der Waals surface area (Å²) in [7, 11) is 2.62. The van der Waals surface area contributed by atoms with Gasteiger partial charge in [0.25, 0.3) is 0 Å². The van der Waals surface area contributed by atoms with Gasteiger partial charge in [-0.15, -0.1) is 5.92 Å². The van der Waals surface area contributed by atoms with Gasteiger partial charge in [0.2, 0.25) is 5.91 Å². The lowest BCUT2D eigenvalue weighted by Gasteiger charge is -2.30. The van der Waals surface area contributed by atoms with Gasteiger partial charge in [-0.1, -0.05) is 75.7 Å². The summed E-state index contributed by atoms with van der Waals surface area (Å²) < 4.78 is 20.9. The first-order chi connectivity index (χ1) is 26.5. The Bertz CT molecular complexity index is 1590. The van der Waals surface area contributed by atoms with Crippen LogP contribution in [0, 0.1) is 17.8 Å². The molecule has 0 fully saturated rings. The molecule has 12 nitrogen and oxygen atoms in total. The van der Waals surface area contributed by atoms with Gasteiger partial charge in [-0.25, -0.2) is 9.59 Å². The van der Waals surface area contributed by atoms with Crippen LogP contribution in [0.4, 0.5) is 0 Å². The van der Waals surface area contributed by atoms with Crippen molar-refractivity contribution >= 4 is 29.6 Å². The minimum absolute atomic E-state index is 0.0315. The zero-order valence-corrected chi connectivity index (χ0v) is 32.6. The van der Waals surface area contributed by atoms with Gasteiger partial charge in [-0.3, -0.25) is 14.4 Å². The molecule has 0 heterocycles. The summed E-state index contributed by atoms with van der Waals surface area (Å²) in [6.45, 7) is 4.06. The van der Waals surface area contributed by atoms with Crippen molar-refractivity contribution in [3.8, 4) is 29.1 Å². The number of amides is 1. The van der Waals surface area contributed by atoms with E-state index in [9.17, 15) is 34.2 Å². The third kappa shape index (κ3) is 17.2. The quantitative estimate of drug-likeness (QED) is 0.0296. The number of unbranched alkanes of at least 4 members (excludes halogenated alkanes) is 8. The monoisotopic (exact) mass is 763 g/mol. The van der Waals surface area contributed by atoms with Gasteiger partial charge in [0.1, 0.15) is 35.7 Å². The number of allylic oxidation sites excluding steroid dienone is 1. The number of methoxy groups -OCH3 is 2. The molecule has 55 heavy (non-hydrogen) atoms. The fraction of sp³-hybridized carbons (Fsp3) is 0.512. The topological polar surface area (TPSA) is 175 Å². The third-order valence-electron chi connectivity index (χ3n) is 8.99. The van der Waals surface area contributed by atoms with E-state index in [-0.39, 0.29) is 24.6 Å². The average molecular weight is 764 g/mol. The molecule has 0 aliphatic rings. The molecule has 3 atom stereocenters. The van der Waals surface area contributed by atoms with Crippen molar-refractivity contribution in [2.24, 2.45) is 5.92 Å². The molecule has 2 aromatic rings. The lowest BCUT2D eigenvalue weighted by atomic mass is 9.82. The predicted octanol–water partition coefficient (Wildman–Crippen LogP) is 6.55. The number of esters is 2. The molecule has 0 unspecified atom stereocenters. The first-order valence-corrected chi connectivity index (χ1v) is 19.0. The maximum absolute atomic E-state index is 13.9. The second-order valence-electron chi connectivity index (χ2n) is 13.3. The smallest absolute Gasteiger partial charge is 0.337 e. The maximum Gasteiger partial charge on any atom is 0.337 e. The fourth-order valence-electron chi connectivity index (χ4n) is 5.78. The summed E-state index contributed by atoms with van der Waals surface area (Å²) in [5.41, 5.74) is -2.33. The standard InChI is InChI=1S/C43H57NO11/c1-5-7-9-12-15-18-33(45)19-16-13-10-11-14-17-20-37(43(51,42(49)50)31-39(46)55-36-27-25-34(52-3)26-28-36)40(47)44-38(41(48)53-4)30-32-21-23-35(24-22-32)54-29-8-6-2/h17,20-28,37-38,51H,5,7,9-16,18-19,29-31H2,1-4H3,(H,44,47)(H,49,50)/b20-17+/t37-,38+,43+/m1/s1. The van der Waals surface area contributed by atoms with E-state index >= 15 is 0 Å². The maximum atomic E-state index is 13.9. The first kappa shape index (κ1) is 46.0. The van der Waals surface area contributed by atoms with E-state index < -0.39 is 47.8 Å². The van der Waals surface area contributed by atoms with Gasteiger partial charge >= 0.3 is 17.9 Å². The Labute approximate surface area is 325 Å². The highest BCUT2D eigenvalue weighted by atomic mass is 16.5. The number of hydrogen-bond acceptors (Lipinski definition) is 10. The zero-order chi connectivity index (χ0) is 40.5. The Morgan fingerprint density at radius 2 is 1.44 bits per heavy atom. The first-order valence-electron chi connectivity index (χ1n) is 19.0. The van der Waals surface area contributed by atoms with Gasteiger partial charge in [-0.05, 0) is 74.6 Å². The normalized spacial score (nSPS) is 13.0. The molecule has 1 amide bonds. The van der Waals surface area contributed by atoms with Crippen LogP contribution in [0.1, 0.15) is 103 Å². The molecule has 300 valence electrons. The van der Waals surface area contributed by atoms with Crippen LogP contribution in [0.25, 0.3) is 0 Å². The highest BCUT2D eigenvalue weighted by Crippen LogP contribution is 2.27. The molecule has 0 aliphatic carbocycles. The number of carbonyl (C=O) groups is 5. The average Bonchev–Trinajstić information content (AvgIpc) is 3.17. The van der Waals surface area contributed by atoms with E-state index in [1.165, 1.54) is 43.9 Å². The minimum Gasteiger partial charge on any atom is -0.497 e. The summed E-state index contributed by atoms with van der Waals surface area (Å²) in [5.74, 6) is 0.354. The SMILES string of the molecule is CC#CCOc1ccc(C[C@H](NC(=O)[C@@H](/C=C/CCCCCCC(=O)CCCCCCC)[C@@](O)(CC(=O)Oc2ccc(OC)cc2)C(=O)O)C(=O)OC)cc1. The number of benzene rings is 2. The summed E-state index contributed by atoms with van der Waals surface area (Å²) in [6.07, 6.45) is 11.9. The van der Waals surface area contributed by atoms with E-state index in [1.807, 2.05) is 0 Å². The summed E-state index contributed by atoms with van der Waals surface area (Å²) in [4.78, 5) is 64.7. The van der Waals surface area contributed by atoms with Crippen molar-refractivity contribution in [1.82, 2.24) is 5.32 Å². The van der Waals surface area contributed by atoms with Crippen LogP contribution in [0.15, 0.2) is 60.7 Å². The van der Waals surface area contributed by atoms with E-state index in [0.29, 0.717) is 42.7 Å². The van der Waals surface area contributed by atoms with Crippen molar-refractivity contribution in [1.29, 1.82) is 0 Å². The predicted molar refractivity (Wildman–Crippen MR) is 208 cm³/mol. The molecule has 0 bridgehead atoms. The minimum atomic E-state index is -2.96. The molecule has 0 saturated heterocycles. The van der Waals surface area contributed by atoms with Gasteiger partial charge in [-0.2, -0.15) is 0 Å². The number of rotatable bonds is 27. The van der Waals surface area contributed by atoms with Crippen molar-refractivity contribution in [3.63, 3.8) is 0 Å². The van der Waals surface area contributed by atoms with Crippen LogP contribution in [0.3, 0.4) is 0 Å². The Morgan fingerprint density at radius 1 is 0.836 bits per heavy atom. The third-order valence-corrected chi connectivity index (χ3v) is 8.99. The van der Waals surface area contributed by atoms with E-state index in [4.69, 9.17) is 18.9 Å². The second kappa shape index (κ2) is 25.8. The molecule has 0 aromatic heterocycles. The summed E-state index contributed by atoms with van der Waals surface area (Å²) in [6, 6.07) is 11.4. The van der Waals surface area contributed by atoms with Gasteiger partial charge in [0.15, 0.2) is 5.60 Å². The number of nitrogens with one attached hydrogen (secondary N) is 1. The Balaban J connectivity index is 2.19. The molecule has 0 saturated carbocycles. The highest BCUT2D eigenvalue weighted by molar-refractivity contribution is 5.95. The van der Waals surface area contributed by atoms with Crippen molar-refractivity contribution in [2.45, 2.75) is 115 Å². The molecule has 3 N–H and O–H groups in total. The number of aliphatic carboxylic acids is 1. The van der Waals surface area contributed by atoms with Gasteiger partial charge < -0.3 is 34.5 Å². The number of ether oxygens (including phenoxy) is 4. The van der Waals surface area contributed by atoms with E-state index in [0.717, 1.165) is 52.1 Å². The van der Waals surface area contributed by atoms with Crippen LogP contribution < -0.4 is 19.5 Å². The number of carboxylic acid groups (broad SMARTS) is 1. The second-order valence-corrected chi connectivity index (χ2v) is 13.3. The van der Waals surface area contributed by atoms with Crippen molar-refractivity contribution in [2.75, 3.05) is 20.8 Å². The number of Topliss-reactive ketones (excluding diaryl/α,β-unsaturated/α-hetero) is 1. The van der Waals surface area contributed by atoms with Crippen LogP contribution in [0.5, 0.6) is 17.2 Å². The molecule has 0 aliphatic heterocycles. The molecule has 0 radical (unpaired) electrons.